The third kappa shape index (κ3) is 3.84. The molecule has 0 saturated heterocycles. The first kappa shape index (κ1) is 17.5. The number of hydrogen-bond donors (Lipinski definition) is 3. The molecule has 26 heavy (non-hydrogen) atoms. The van der Waals surface area contributed by atoms with E-state index >= 15 is 0 Å². The minimum absolute atomic E-state index is 0.0422. The summed E-state index contributed by atoms with van der Waals surface area (Å²) in [5, 5.41) is 9.39. The summed E-state index contributed by atoms with van der Waals surface area (Å²) in [5.74, 6) is 0.777. The second-order valence-electron chi connectivity index (χ2n) is 5.51. The SMILES string of the molecule is Nc1ccccc1-c1nc2ccccc2[nH]1.O=Cc1cc(Cl)ccc1O. The van der Waals surface area contributed by atoms with Gasteiger partial charge in [-0.25, -0.2) is 4.98 Å². The van der Waals surface area contributed by atoms with Crippen molar-refractivity contribution >= 4 is 34.6 Å². The summed E-state index contributed by atoms with van der Waals surface area (Å²) in [6.07, 6.45) is 0.557. The second kappa shape index (κ2) is 7.72. The molecule has 1 heterocycles. The van der Waals surface area contributed by atoms with Crippen LogP contribution in [0.25, 0.3) is 22.4 Å². The molecule has 0 spiro atoms. The number of imidazole rings is 1. The van der Waals surface area contributed by atoms with E-state index in [0.29, 0.717) is 11.3 Å². The Bertz CT molecular complexity index is 1030. The molecular formula is C20H16ClN3O2. The number of aromatic nitrogens is 2. The zero-order valence-corrected chi connectivity index (χ0v) is 14.4. The first-order valence-electron chi connectivity index (χ1n) is 7.82. The minimum Gasteiger partial charge on any atom is -0.507 e. The van der Waals surface area contributed by atoms with Crippen molar-refractivity contribution in [2.24, 2.45) is 0 Å². The Morgan fingerprint density at radius 2 is 1.77 bits per heavy atom. The molecule has 4 N–H and O–H groups in total. The number of nitrogen functional groups attached to an aromatic ring is 1. The van der Waals surface area contributed by atoms with Gasteiger partial charge in [-0.15, -0.1) is 0 Å². The van der Waals surface area contributed by atoms with Crippen LogP contribution in [0.4, 0.5) is 5.69 Å². The number of phenolic OH excluding ortho intramolecular Hbond substituents is 1. The van der Waals surface area contributed by atoms with Crippen LogP contribution in [0.15, 0.2) is 66.7 Å². The highest BCUT2D eigenvalue weighted by atomic mass is 35.5. The molecule has 0 aliphatic rings. The first-order chi connectivity index (χ1) is 12.6. The highest BCUT2D eigenvalue weighted by molar-refractivity contribution is 6.30. The van der Waals surface area contributed by atoms with E-state index in [1.165, 1.54) is 18.2 Å². The van der Waals surface area contributed by atoms with Crippen LogP contribution in [0.5, 0.6) is 5.75 Å². The van der Waals surface area contributed by atoms with Crippen molar-refractivity contribution in [2.75, 3.05) is 5.73 Å². The molecule has 0 aliphatic carbocycles. The molecule has 0 saturated carbocycles. The molecule has 130 valence electrons. The molecule has 3 aromatic carbocycles. The van der Waals surface area contributed by atoms with Crippen LogP contribution in [0.2, 0.25) is 5.02 Å². The van der Waals surface area contributed by atoms with Crippen LogP contribution < -0.4 is 5.73 Å². The van der Waals surface area contributed by atoms with Crippen molar-refractivity contribution in [2.45, 2.75) is 0 Å². The fourth-order valence-electron chi connectivity index (χ4n) is 2.41. The van der Waals surface area contributed by atoms with Gasteiger partial charge in [0.15, 0.2) is 6.29 Å². The molecule has 0 radical (unpaired) electrons. The lowest BCUT2D eigenvalue weighted by atomic mass is 10.2. The molecule has 0 aliphatic heterocycles. The summed E-state index contributed by atoms with van der Waals surface area (Å²) in [4.78, 5) is 17.9. The maximum Gasteiger partial charge on any atom is 0.153 e. The second-order valence-corrected chi connectivity index (χ2v) is 5.95. The molecule has 0 fully saturated rings. The number of aromatic amines is 1. The zero-order valence-electron chi connectivity index (χ0n) is 13.7. The summed E-state index contributed by atoms with van der Waals surface area (Å²) in [7, 11) is 0. The van der Waals surface area contributed by atoms with Crippen LogP contribution in [-0.2, 0) is 0 Å². The number of carbonyl (C=O) groups is 1. The zero-order chi connectivity index (χ0) is 18.5. The van der Waals surface area contributed by atoms with Crippen LogP contribution >= 0.6 is 11.6 Å². The Morgan fingerprint density at radius 3 is 2.46 bits per heavy atom. The van der Waals surface area contributed by atoms with Crippen LogP contribution in [0.1, 0.15) is 10.4 Å². The number of carbonyl (C=O) groups excluding carboxylic acids is 1. The molecule has 5 nitrogen and oxygen atoms in total. The molecule has 0 bridgehead atoms. The predicted octanol–water partition coefficient (Wildman–Crippen LogP) is 4.67. The number of hydrogen-bond acceptors (Lipinski definition) is 4. The van der Waals surface area contributed by atoms with E-state index < -0.39 is 0 Å². The van der Waals surface area contributed by atoms with Crippen molar-refractivity contribution in [3.63, 3.8) is 0 Å². The number of benzene rings is 3. The van der Waals surface area contributed by atoms with Crippen molar-refractivity contribution in [1.82, 2.24) is 9.97 Å². The fourth-order valence-corrected chi connectivity index (χ4v) is 2.59. The normalized spacial score (nSPS) is 10.2. The lowest BCUT2D eigenvalue weighted by Crippen LogP contribution is -1.90. The number of nitrogens with one attached hydrogen (secondary N) is 1. The lowest BCUT2D eigenvalue weighted by Gasteiger charge is -2.00. The third-order valence-corrected chi connectivity index (χ3v) is 3.96. The number of aromatic hydroxyl groups is 1. The van der Waals surface area contributed by atoms with Gasteiger partial charge >= 0.3 is 0 Å². The van der Waals surface area contributed by atoms with Crippen molar-refractivity contribution in [1.29, 1.82) is 0 Å². The molecule has 6 heteroatoms. The number of fused-ring (bicyclic) bond motifs is 1. The van der Waals surface area contributed by atoms with E-state index in [0.717, 1.165) is 28.1 Å². The monoisotopic (exact) mass is 365 g/mol. The van der Waals surface area contributed by atoms with E-state index in [1.807, 2.05) is 48.5 Å². The molecule has 0 atom stereocenters. The number of nitrogens with zero attached hydrogens (tertiary/aromatic N) is 1. The predicted molar refractivity (Wildman–Crippen MR) is 104 cm³/mol. The van der Waals surface area contributed by atoms with Crippen LogP contribution in [0.3, 0.4) is 0 Å². The molecule has 1 aromatic heterocycles. The first-order valence-corrected chi connectivity index (χ1v) is 8.19. The number of anilines is 1. The fraction of sp³-hybridized carbons (Fsp3) is 0. The lowest BCUT2D eigenvalue weighted by molar-refractivity contribution is 0.112. The highest BCUT2D eigenvalue weighted by Crippen LogP contribution is 2.25. The van der Waals surface area contributed by atoms with Gasteiger partial charge in [-0.1, -0.05) is 35.9 Å². The number of aldehydes is 1. The van der Waals surface area contributed by atoms with Gasteiger partial charge < -0.3 is 15.8 Å². The molecular weight excluding hydrogens is 350 g/mol. The highest BCUT2D eigenvalue weighted by Gasteiger charge is 2.06. The maximum atomic E-state index is 10.2. The number of rotatable bonds is 2. The topological polar surface area (TPSA) is 92.0 Å². The van der Waals surface area contributed by atoms with Gasteiger partial charge in [-0.2, -0.15) is 0 Å². The van der Waals surface area contributed by atoms with Crippen molar-refractivity contribution in [3.8, 4) is 17.1 Å². The smallest absolute Gasteiger partial charge is 0.153 e. The Balaban J connectivity index is 0.000000170. The van der Waals surface area contributed by atoms with Gasteiger partial charge in [-0.05, 0) is 42.5 Å². The molecule has 0 unspecified atom stereocenters. The van der Waals surface area contributed by atoms with Gasteiger partial charge in [0.05, 0.1) is 16.6 Å². The average molecular weight is 366 g/mol. The summed E-state index contributed by atoms with van der Waals surface area (Å²) < 4.78 is 0. The van der Waals surface area contributed by atoms with Crippen LogP contribution in [0, 0.1) is 0 Å². The largest absolute Gasteiger partial charge is 0.507 e. The molecule has 4 rings (SSSR count). The number of halogens is 1. The summed E-state index contributed by atoms with van der Waals surface area (Å²) in [6.45, 7) is 0. The average Bonchev–Trinajstić information content (AvgIpc) is 3.08. The number of para-hydroxylation sites is 3. The standard InChI is InChI=1S/C13H11N3.C7H5ClO2/c14-10-6-2-1-5-9(10)13-15-11-7-3-4-8-12(11)16-13;8-6-1-2-7(10)5(3-6)4-9/h1-8H,14H2,(H,15,16);1-4,10H. The Hall–Kier alpha value is -3.31. The Labute approximate surface area is 155 Å². The van der Waals surface area contributed by atoms with Crippen LogP contribution in [-0.4, -0.2) is 21.4 Å². The molecule has 4 aromatic rings. The van der Waals surface area contributed by atoms with Gasteiger partial charge in [0.1, 0.15) is 11.6 Å². The Morgan fingerprint density at radius 1 is 1.04 bits per heavy atom. The number of phenols is 1. The van der Waals surface area contributed by atoms with E-state index in [4.69, 9.17) is 22.4 Å². The van der Waals surface area contributed by atoms with Gasteiger partial charge in [0.2, 0.25) is 0 Å². The minimum atomic E-state index is -0.0422. The maximum absolute atomic E-state index is 10.2. The van der Waals surface area contributed by atoms with E-state index in [9.17, 15) is 4.79 Å². The summed E-state index contributed by atoms with van der Waals surface area (Å²) >= 11 is 5.53. The van der Waals surface area contributed by atoms with E-state index in [-0.39, 0.29) is 11.3 Å². The molecule has 0 amide bonds. The number of H-pyrrole nitrogens is 1. The van der Waals surface area contributed by atoms with Gasteiger partial charge in [0.25, 0.3) is 0 Å². The van der Waals surface area contributed by atoms with E-state index in [1.54, 1.807) is 0 Å². The van der Waals surface area contributed by atoms with E-state index in [2.05, 4.69) is 9.97 Å². The van der Waals surface area contributed by atoms with Gasteiger partial charge in [-0.3, -0.25) is 4.79 Å². The summed E-state index contributed by atoms with van der Waals surface area (Å²) in [6, 6.07) is 20.0. The third-order valence-electron chi connectivity index (χ3n) is 3.72. The van der Waals surface area contributed by atoms with Crippen molar-refractivity contribution < 1.29 is 9.90 Å². The number of nitrogens with two attached hydrogens (primary N) is 1. The summed E-state index contributed by atoms with van der Waals surface area (Å²) in [5.41, 5.74) is 9.80. The Kier molecular flexibility index (Phi) is 5.20. The quantitative estimate of drug-likeness (QED) is 0.355. The van der Waals surface area contributed by atoms with Gasteiger partial charge in [0, 0.05) is 16.3 Å². The van der Waals surface area contributed by atoms with Crippen molar-refractivity contribution in [3.05, 3.63) is 77.3 Å².